The molecular weight excluding hydrogens is 462 g/mol. The van der Waals surface area contributed by atoms with Crippen molar-refractivity contribution in [2.75, 3.05) is 7.05 Å². The van der Waals surface area contributed by atoms with Gasteiger partial charge >= 0.3 is 6.09 Å². The predicted octanol–water partition coefficient (Wildman–Crippen LogP) is 6.23. The lowest BCUT2D eigenvalue weighted by Crippen LogP contribution is -2.33. The van der Waals surface area contributed by atoms with Crippen LogP contribution in [0, 0.1) is 5.82 Å². The molecule has 2 heterocycles. The number of hydrogen-bond acceptors (Lipinski definition) is 5. The van der Waals surface area contributed by atoms with Gasteiger partial charge in [-0.2, -0.15) is 5.10 Å². The van der Waals surface area contributed by atoms with Crippen molar-refractivity contribution in [2.45, 2.75) is 42.8 Å². The number of rotatable bonds is 5. The summed E-state index contributed by atoms with van der Waals surface area (Å²) in [6.45, 7) is 5.60. The summed E-state index contributed by atoms with van der Waals surface area (Å²) in [7, 11) is 1.62. The third kappa shape index (κ3) is 6.12. The lowest BCUT2D eigenvalue weighted by Gasteiger charge is -2.24. The highest BCUT2D eigenvalue weighted by atomic mass is 35.5. The molecule has 0 aliphatic rings. The second kappa shape index (κ2) is 9.46. The van der Waals surface area contributed by atoms with Crippen LogP contribution in [0.2, 0.25) is 10.2 Å². The highest BCUT2D eigenvalue weighted by molar-refractivity contribution is 7.99. The van der Waals surface area contributed by atoms with Crippen molar-refractivity contribution in [3.05, 3.63) is 64.3 Å². The van der Waals surface area contributed by atoms with Crippen molar-refractivity contribution in [3.63, 3.8) is 0 Å². The fourth-order valence-electron chi connectivity index (χ4n) is 2.58. The minimum absolute atomic E-state index is 0.0475. The molecule has 0 saturated carbocycles. The quantitative estimate of drug-likeness (QED) is 0.403. The number of amides is 1. The summed E-state index contributed by atoms with van der Waals surface area (Å²) in [5.74, 6) is -0.550. The van der Waals surface area contributed by atoms with Crippen LogP contribution in [0.15, 0.2) is 52.5 Å². The van der Waals surface area contributed by atoms with Gasteiger partial charge in [-0.25, -0.2) is 18.9 Å². The summed E-state index contributed by atoms with van der Waals surface area (Å²) < 4.78 is 21.0. The molecule has 1 amide bonds. The van der Waals surface area contributed by atoms with Crippen LogP contribution in [-0.4, -0.2) is 38.4 Å². The lowest BCUT2D eigenvalue weighted by atomic mass is 10.2. The van der Waals surface area contributed by atoms with Crippen LogP contribution >= 0.6 is 35.0 Å². The fraction of sp³-hybridized carbons (Fsp3) is 0.286. The Morgan fingerprint density at radius 1 is 1.26 bits per heavy atom. The van der Waals surface area contributed by atoms with E-state index >= 15 is 0 Å². The Morgan fingerprint density at radius 2 is 2.00 bits per heavy atom. The first-order valence-corrected chi connectivity index (χ1v) is 10.9. The van der Waals surface area contributed by atoms with E-state index in [0.717, 1.165) is 4.90 Å². The zero-order chi connectivity index (χ0) is 22.8. The van der Waals surface area contributed by atoms with Gasteiger partial charge in [0.15, 0.2) is 0 Å². The summed E-state index contributed by atoms with van der Waals surface area (Å²) in [4.78, 5) is 18.6. The van der Waals surface area contributed by atoms with Crippen LogP contribution in [0.1, 0.15) is 26.5 Å². The average molecular weight is 483 g/mol. The summed E-state index contributed by atoms with van der Waals surface area (Å²) >= 11 is 13.4. The van der Waals surface area contributed by atoms with E-state index in [0.29, 0.717) is 21.6 Å². The van der Waals surface area contributed by atoms with E-state index in [9.17, 15) is 9.18 Å². The first kappa shape index (κ1) is 23.4. The van der Waals surface area contributed by atoms with Gasteiger partial charge in [-0.05, 0) is 51.1 Å². The van der Waals surface area contributed by atoms with Crippen molar-refractivity contribution in [1.82, 2.24) is 19.7 Å². The Kier molecular flexibility index (Phi) is 7.13. The van der Waals surface area contributed by atoms with Crippen molar-refractivity contribution >= 4 is 41.1 Å². The average Bonchev–Trinajstić information content (AvgIpc) is 3.06. The topological polar surface area (TPSA) is 60.2 Å². The van der Waals surface area contributed by atoms with E-state index in [-0.39, 0.29) is 11.6 Å². The summed E-state index contributed by atoms with van der Waals surface area (Å²) in [6, 6.07) is 9.81. The summed E-state index contributed by atoms with van der Waals surface area (Å²) in [5.41, 5.74) is 0.359. The molecule has 10 heteroatoms. The van der Waals surface area contributed by atoms with Gasteiger partial charge in [-0.15, -0.1) is 0 Å². The molecule has 6 nitrogen and oxygen atoms in total. The summed E-state index contributed by atoms with van der Waals surface area (Å²) in [6.07, 6.45) is 1.16. The van der Waals surface area contributed by atoms with Gasteiger partial charge < -0.3 is 9.64 Å². The number of benzene rings is 1. The minimum Gasteiger partial charge on any atom is -0.444 e. The molecular formula is C21H21Cl2FN4O2S. The smallest absolute Gasteiger partial charge is 0.410 e. The Hall–Kier alpha value is -2.29. The van der Waals surface area contributed by atoms with E-state index in [1.165, 1.54) is 22.7 Å². The predicted molar refractivity (Wildman–Crippen MR) is 120 cm³/mol. The molecule has 0 aliphatic carbocycles. The van der Waals surface area contributed by atoms with Gasteiger partial charge in [0.05, 0.1) is 17.9 Å². The molecule has 0 bridgehead atoms. The molecule has 3 rings (SSSR count). The van der Waals surface area contributed by atoms with Crippen LogP contribution < -0.4 is 0 Å². The van der Waals surface area contributed by atoms with E-state index in [1.807, 2.05) is 6.07 Å². The number of aromatic nitrogens is 3. The van der Waals surface area contributed by atoms with Crippen molar-refractivity contribution in [1.29, 1.82) is 0 Å². The lowest BCUT2D eigenvalue weighted by molar-refractivity contribution is 0.0283. The van der Waals surface area contributed by atoms with E-state index in [4.69, 9.17) is 27.9 Å². The standard InChI is InChI=1S/C21H21Cl2FN4O2S/c1-21(2,3)30-20(29)27(4)12-13-10-18(31-14-8-9-17(22)25-11-14)28(26-13)16-7-5-6-15(24)19(16)23/h5-11H,12H2,1-4H3. The zero-order valence-corrected chi connectivity index (χ0v) is 19.7. The Morgan fingerprint density at radius 3 is 2.65 bits per heavy atom. The largest absolute Gasteiger partial charge is 0.444 e. The first-order chi connectivity index (χ1) is 14.5. The summed E-state index contributed by atoms with van der Waals surface area (Å²) in [5, 5.41) is 5.57. The van der Waals surface area contributed by atoms with Crippen LogP contribution in [0.3, 0.4) is 0 Å². The van der Waals surface area contributed by atoms with Gasteiger partial charge in [0.1, 0.15) is 26.6 Å². The Balaban J connectivity index is 1.94. The molecule has 0 spiro atoms. The second-order valence-corrected chi connectivity index (χ2v) is 9.57. The minimum atomic E-state index is -0.609. The number of carbonyl (C=O) groups is 1. The number of ether oxygens (including phenoxy) is 1. The van der Waals surface area contributed by atoms with Crippen molar-refractivity contribution in [2.24, 2.45) is 0 Å². The normalized spacial score (nSPS) is 11.5. The van der Waals surface area contributed by atoms with Gasteiger partial charge in [0.25, 0.3) is 0 Å². The van der Waals surface area contributed by atoms with Gasteiger partial charge in [-0.1, -0.05) is 41.0 Å². The third-order valence-electron chi connectivity index (χ3n) is 3.91. The maximum absolute atomic E-state index is 14.1. The molecule has 3 aromatic rings. The molecule has 0 atom stereocenters. The van der Waals surface area contributed by atoms with Gasteiger partial charge in [-0.3, -0.25) is 0 Å². The maximum atomic E-state index is 14.1. The zero-order valence-electron chi connectivity index (χ0n) is 17.4. The Labute approximate surface area is 194 Å². The van der Waals surface area contributed by atoms with Crippen LogP contribution in [0.5, 0.6) is 0 Å². The van der Waals surface area contributed by atoms with E-state index in [2.05, 4.69) is 10.1 Å². The van der Waals surface area contributed by atoms with Crippen LogP contribution in [0.4, 0.5) is 9.18 Å². The van der Waals surface area contributed by atoms with E-state index < -0.39 is 17.5 Å². The number of pyridine rings is 1. The molecule has 0 fully saturated rings. The molecule has 0 unspecified atom stereocenters. The monoisotopic (exact) mass is 482 g/mol. The van der Waals surface area contributed by atoms with Gasteiger partial charge in [0, 0.05) is 18.1 Å². The van der Waals surface area contributed by atoms with E-state index in [1.54, 1.807) is 63.0 Å². The Bertz CT molecular complexity index is 1080. The van der Waals surface area contributed by atoms with Crippen LogP contribution in [0.25, 0.3) is 5.69 Å². The molecule has 0 N–H and O–H groups in total. The molecule has 0 aliphatic heterocycles. The highest BCUT2D eigenvalue weighted by Crippen LogP contribution is 2.33. The SMILES string of the molecule is CN(Cc1cc(Sc2ccc(Cl)nc2)n(-c2cccc(F)c2Cl)n1)C(=O)OC(C)(C)C. The molecule has 0 saturated heterocycles. The van der Waals surface area contributed by atoms with Gasteiger partial charge in [0.2, 0.25) is 0 Å². The number of halogens is 3. The molecule has 31 heavy (non-hydrogen) atoms. The maximum Gasteiger partial charge on any atom is 0.410 e. The fourth-order valence-corrected chi connectivity index (χ4v) is 3.80. The molecule has 0 radical (unpaired) electrons. The van der Waals surface area contributed by atoms with Crippen LogP contribution in [-0.2, 0) is 11.3 Å². The van der Waals surface area contributed by atoms with Crippen molar-refractivity contribution < 1.29 is 13.9 Å². The number of nitrogens with zero attached hydrogens (tertiary/aromatic N) is 4. The first-order valence-electron chi connectivity index (χ1n) is 9.30. The molecule has 1 aromatic carbocycles. The molecule has 2 aromatic heterocycles. The molecule has 164 valence electrons. The third-order valence-corrected chi connectivity index (χ3v) is 5.49. The number of carbonyl (C=O) groups excluding carboxylic acids is 1. The number of hydrogen-bond donors (Lipinski definition) is 0. The highest BCUT2D eigenvalue weighted by Gasteiger charge is 2.22. The second-order valence-electron chi connectivity index (χ2n) is 7.71. The van der Waals surface area contributed by atoms with Crippen molar-refractivity contribution in [3.8, 4) is 5.69 Å².